The maximum Gasteiger partial charge on any atom is 0.261 e. The van der Waals surface area contributed by atoms with E-state index >= 15 is 0 Å². The summed E-state index contributed by atoms with van der Waals surface area (Å²) in [6.07, 6.45) is 3.55. The van der Waals surface area contributed by atoms with Crippen molar-refractivity contribution in [3.05, 3.63) is 53.7 Å². The standard InChI is InChI=1S/C18H21N3O3S/c1-24-18-16(8-5-9-19-18)17(22)21-15-7-4-6-14(12-15)13-20-25(23)10-2-3-11-25/h4-9,12H,2-3,10-11,13H2,1H3,(H,21,22). The number of nitrogens with zero attached hydrogens (tertiary/aromatic N) is 2. The molecule has 0 radical (unpaired) electrons. The minimum absolute atomic E-state index is 0.282. The molecule has 1 saturated heterocycles. The van der Waals surface area contributed by atoms with Crippen LogP contribution in [0, 0.1) is 0 Å². The van der Waals surface area contributed by atoms with E-state index in [2.05, 4.69) is 14.7 Å². The number of carbonyl (C=O) groups is 1. The fraction of sp³-hybridized carbons (Fsp3) is 0.333. The largest absolute Gasteiger partial charge is 0.480 e. The summed E-state index contributed by atoms with van der Waals surface area (Å²) in [5, 5.41) is 2.84. The summed E-state index contributed by atoms with van der Waals surface area (Å²) in [5.41, 5.74) is 1.95. The molecule has 1 fully saturated rings. The Labute approximate surface area is 147 Å². The van der Waals surface area contributed by atoms with E-state index in [4.69, 9.17) is 4.74 Å². The molecule has 1 N–H and O–H groups in total. The molecule has 0 bridgehead atoms. The monoisotopic (exact) mass is 359 g/mol. The zero-order valence-electron chi connectivity index (χ0n) is 14.1. The molecule has 0 spiro atoms. The summed E-state index contributed by atoms with van der Waals surface area (Å²) < 4.78 is 22.0. The van der Waals surface area contributed by atoms with Gasteiger partial charge in [0, 0.05) is 33.1 Å². The molecule has 1 aliphatic rings. The minimum atomic E-state index is -2.03. The second-order valence-electron chi connectivity index (χ2n) is 5.89. The van der Waals surface area contributed by atoms with E-state index in [9.17, 15) is 9.00 Å². The molecule has 2 aromatic rings. The van der Waals surface area contributed by atoms with Crippen LogP contribution in [0.25, 0.3) is 0 Å². The molecule has 132 valence electrons. The summed E-state index contributed by atoms with van der Waals surface area (Å²) in [7, 11) is -0.549. The van der Waals surface area contributed by atoms with Gasteiger partial charge in [0.15, 0.2) is 0 Å². The highest BCUT2D eigenvalue weighted by Crippen LogP contribution is 2.19. The van der Waals surface area contributed by atoms with Crippen LogP contribution in [0.4, 0.5) is 5.69 Å². The number of rotatable bonds is 5. The Balaban J connectivity index is 1.73. The summed E-state index contributed by atoms with van der Waals surface area (Å²) in [6.45, 7) is 0.402. The highest BCUT2D eigenvalue weighted by molar-refractivity contribution is 7.93. The summed E-state index contributed by atoms with van der Waals surface area (Å²) >= 11 is 0. The molecule has 0 saturated carbocycles. The van der Waals surface area contributed by atoms with Crippen LogP contribution in [0.3, 0.4) is 0 Å². The third kappa shape index (κ3) is 4.36. The zero-order valence-corrected chi connectivity index (χ0v) is 14.9. The predicted molar refractivity (Wildman–Crippen MR) is 98.4 cm³/mol. The lowest BCUT2D eigenvalue weighted by Gasteiger charge is -2.09. The Kier molecular flexibility index (Phi) is 5.33. The van der Waals surface area contributed by atoms with Crippen molar-refractivity contribution < 1.29 is 13.7 Å². The first-order chi connectivity index (χ1) is 12.1. The molecule has 7 heteroatoms. The Hall–Kier alpha value is -2.41. The van der Waals surface area contributed by atoms with Crippen molar-refractivity contribution in [1.82, 2.24) is 4.98 Å². The van der Waals surface area contributed by atoms with Crippen molar-refractivity contribution in [1.29, 1.82) is 0 Å². The van der Waals surface area contributed by atoms with Crippen LogP contribution < -0.4 is 10.1 Å². The van der Waals surface area contributed by atoms with Gasteiger partial charge in [-0.05, 0) is 42.7 Å². The topological polar surface area (TPSA) is 80.7 Å². The molecule has 3 rings (SSSR count). The number of aromatic nitrogens is 1. The van der Waals surface area contributed by atoms with Gasteiger partial charge in [-0.3, -0.25) is 4.79 Å². The average Bonchev–Trinajstić information content (AvgIpc) is 3.07. The van der Waals surface area contributed by atoms with Crippen molar-refractivity contribution in [2.75, 3.05) is 23.9 Å². The zero-order chi connectivity index (χ0) is 17.7. The molecule has 25 heavy (non-hydrogen) atoms. The van der Waals surface area contributed by atoms with Crippen LogP contribution in [0.15, 0.2) is 47.0 Å². The highest BCUT2D eigenvalue weighted by Gasteiger charge is 2.16. The van der Waals surface area contributed by atoms with E-state index in [0.717, 1.165) is 18.4 Å². The first kappa shape index (κ1) is 17.4. The van der Waals surface area contributed by atoms with E-state index in [1.165, 1.54) is 7.11 Å². The average molecular weight is 359 g/mol. The normalized spacial score (nSPS) is 15.6. The predicted octanol–water partition coefficient (Wildman–Crippen LogP) is 3.10. The van der Waals surface area contributed by atoms with Crippen LogP contribution in [-0.2, 0) is 16.3 Å². The number of nitrogens with one attached hydrogen (secondary N) is 1. The Morgan fingerprint density at radius 1 is 1.28 bits per heavy atom. The van der Waals surface area contributed by atoms with Gasteiger partial charge in [0.05, 0.1) is 13.7 Å². The molecule has 2 heterocycles. The maximum absolute atomic E-state index is 12.4. The lowest BCUT2D eigenvalue weighted by Crippen LogP contribution is -2.13. The van der Waals surface area contributed by atoms with Gasteiger partial charge in [-0.2, -0.15) is 0 Å². The molecule has 1 aromatic carbocycles. The van der Waals surface area contributed by atoms with Gasteiger partial charge in [0.1, 0.15) is 5.56 Å². The SMILES string of the molecule is COc1ncccc1C(=O)Nc1cccc(CN=S2(=O)CCCC2)c1. The van der Waals surface area contributed by atoms with Crippen LogP contribution in [0.2, 0.25) is 0 Å². The maximum atomic E-state index is 12.4. The Morgan fingerprint density at radius 2 is 2.08 bits per heavy atom. The molecular formula is C18H21N3O3S. The van der Waals surface area contributed by atoms with Gasteiger partial charge in [-0.25, -0.2) is 13.6 Å². The smallest absolute Gasteiger partial charge is 0.261 e. The van der Waals surface area contributed by atoms with Crippen LogP contribution >= 0.6 is 0 Å². The molecule has 0 atom stereocenters. The Morgan fingerprint density at radius 3 is 2.84 bits per heavy atom. The number of carbonyl (C=O) groups excluding carboxylic acids is 1. The number of ether oxygens (including phenoxy) is 1. The second-order valence-corrected chi connectivity index (χ2v) is 8.51. The van der Waals surface area contributed by atoms with Crippen LogP contribution in [-0.4, -0.2) is 33.7 Å². The van der Waals surface area contributed by atoms with Gasteiger partial charge in [-0.15, -0.1) is 0 Å². The molecule has 1 amide bonds. The first-order valence-electron chi connectivity index (χ1n) is 8.17. The Bertz CT molecular complexity index is 877. The van der Waals surface area contributed by atoms with Gasteiger partial charge in [-0.1, -0.05) is 12.1 Å². The van der Waals surface area contributed by atoms with E-state index in [1.807, 2.05) is 18.2 Å². The fourth-order valence-corrected chi connectivity index (χ4v) is 4.91. The van der Waals surface area contributed by atoms with Gasteiger partial charge >= 0.3 is 0 Å². The van der Waals surface area contributed by atoms with Crippen molar-refractivity contribution in [3.8, 4) is 5.88 Å². The second kappa shape index (κ2) is 7.65. The van der Waals surface area contributed by atoms with Crippen LogP contribution in [0.5, 0.6) is 5.88 Å². The van der Waals surface area contributed by atoms with Gasteiger partial charge in [0.25, 0.3) is 5.91 Å². The van der Waals surface area contributed by atoms with Crippen molar-refractivity contribution >= 4 is 21.3 Å². The van der Waals surface area contributed by atoms with E-state index in [1.54, 1.807) is 24.4 Å². The van der Waals surface area contributed by atoms with E-state index in [-0.39, 0.29) is 11.8 Å². The lowest BCUT2D eigenvalue weighted by molar-refractivity contribution is 0.102. The number of pyridine rings is 1. The molecular weight excluding hydrogens is 338 g/mol. The summed E-state index contributed by atoms with van der Waals surface area (Å²) in [6, 6.07) is 10.8. The highest BCUT2D eigenvalue weighted by atomic mass is 32.2. The minimum Gasteiger partial charge on any atom is -0.480 e. The van der Waals surface area contributed by atoms with Crippen molar-refractivity contribution in [2.24, 2.45) is 4.36 Å². The van der Waals surface area contributed by atoms with Gasteiger partial charge in [0.2, 0.25) is 5.88 Å². The van der Waals surface area contributed by atoms with Crippen molar-refractivity contribution in [3.63, 3.8) is 0 Å². The van der Waals surface area contributed by atoms with E-state index < -0.39 is 9.73 Å². The number of methoxy groups -OCH3 is 1. The number of hydrogen-bond donors (Lipinski definition) is 1. The molecule has 0 aliphatic carbocycles. The first-order valence-corrected chi connectivity index (χ1v) is 10.0. The quantitative estimate of drug-likeness (QED) is 0.889. The summed E-state index contributed by atoms with van der Waals surface area (Å²) in [5.74, 6) is 1.39. The van der Waals surface area contributed by atoms with Crippen molar-refractivity contribution in [2.45, 2.75) is 19.4 Å². The number of amides is 1. The fourth-order valence-electron chi connectivity index (χ4n) is 2.75. The number of benzene rings is 1. The molecule has 0 unspecified atom stereocenters. The third-order valence-electron chi connectivity index (χ3n) is 4.05. The molecule has 1 aromatic heterocycles. The lowest BCUT2D eigenvalue weighted by atomic mass is 10.2. The molecule has 1 aliphatic heterocycles. The molecule has 6 nitrogen and oxygen atoms in total. The van der Waals surface area contributed by atoms with Gasteiger partial charge < -0.3 is 10.1 Å². The van der Waals surface area contributed by atoms with E-state index in [0.29, 0.717) is 29.3 Å². The third-order valence-corrected chi connectivity index (χ3v) is 6.51. The van der Waals surface area contributed by atoms with Crippen LogP contribution in [0.1, 0.15) is 28.8 Å². The number of hydrogen-bond acceptors (Lipinski definition) is 5. The number of anilines is 1. The summed E-state index contributed by atoms with van der Waals surface area (Å²) in [4.78, 5) is 16.5.